The van der Waals surface area contributed by atoms with Crippen LogP contribution >= 0.6 is 11.6 Å². The van der Waals surface area contributed by atoms with Crippen LogP contribution in [0.2, 0.25) is 5.02 Å². The predicted molar refractivity (Wildman–Crippen MR) is 64.8 cm³/mol. The minimum Gasteiger partial charge on any atom is -0.496 e. The molecule has 0 bridgehead atoms. The molecule has 4 nitrogen and oxygen atoms in total. The van der Waals surface area contributed by atoms with Crippen LogP contribution < -0.4 is 4.74 Å². The molecule has 0 aliphatic heterocycles. The lowest BCUT2D eigenvalue weighted by molar-refractivity contribution is -0.149. The first-order valence-electron chi connectivity index (χ1n) is 5.25. The van der Waals surface area contributed by atoms with Crippen LogP contribution in [0.4, 0.5) is 0 Å². The number of benzene rings is 1. The lowest BCUT2D eigenvalue weighted by atomic mass is 10.1. The number of carbonyl (C=O) groups is 1. The average Bonchev–Trinajstić information content (AvgIpc) is 2.28. The van der Waals surface area contributed by atoms with Crippen molar-refractivity contribution in [2.75, 3.05) is 13.7 Å². The zero-order valence-corrected chi connectivity index (χ0v) is 10.5. The molecule has 0 aliphatic carbocycles. The summed E-state index contributed by atoms with van der Waals surface area (Å²) in [5.74, 6) is -0.380. The van der Waals surface area contributed by atoms with Gasteiger partial charge in [0.1, 0.15) is 5.75 Å². The highest BCUT2D eigenvalue weighted by atomic mass is 35.5. The van der Waals surface area contributed by atoms with E-state index >= 15 is 0 Å². The SMILES string of the molecule is CCO[C@@H](Cc1cc(Cl)ccc1OC)C(=O)O. The molecule has 1 aromatic rings. The van der Waals surface area contributed by atoms with E-state index in [1.54, 1.807) is 25.1 Å². The number of halogens is 1. The fourth-order valence-electron chi connectivity index (χ4n) is 1.53. The Kier molecular flexibility index (Phi) is 5.25. The highest BCUT2D eigenvalue weighted by Crippen LogP contribution is 2.24. The molecule has 0 fully saturated rings. The van der Waals surface area contributed by atoms with Gasteiger partial charge in [0.2, 0.25) is 0 Å². The summed E-state index contributed by atoms with van der Waals surface area (Å²) in [6, 6.07) is 5.10. The lowest BCUT2D eigenvalue weighted by Gasteiger charge is -2.14. The molecule has 5 heteroatoms. The standard InChI is InChI=1S/C12H15ClO4/c1-3-17-11(12(14)15)7-8-6-9(13)4-5-10(8)16-2/h4-6,11H,3,7H2,1-2H3,(H,14,15)/t11-/m0/s1. The molecule has 0 saturated heterocycles. The molecule has 94 valence electrons. The van der Waals surface area contributed by atoms with Crippen LogP contribution in [0, 0.1) is 0 Å². The summed E-state index contributed by atoms with van der Waals surface area (Å²) >= 11 is 5.87. The molecule has 0 spiro atoms. The van der Waals surface area contributed by atoms with Crippen molar-refractivity contribution in [1.29, 1.82) is 0 Å². The predicted octanol–water partition coefficient (Wildman–Crippen LogP) is 2.38. The van der Waals surface area contributed by atoms with Gasteiger partial charge >= 0.3 is 5.97 Å². The van der Waals surface area contributed by atoms with Crippen molar-refractivity contribution in [2.45, 2.75) is 19.4 Å². The van der Waals surface area contributed by atoms with Gasteiger partial charge in [0.15, 0.2) is 6.10 Å². The Balaban J connectivity index is 2.91. The maximum atomic E-state index is 11.0. The van der Waals surface area contributed by atoms with E-state index < -0.39 is 12.1 Å². The van der Waals surface area contributed by atoms with Crippen LogP contribution in [-0.2, 0) is 16.0 Å². The fourth-order valence-corrected chi connectivity index (χ4v) is 1.72. The summed E-state index contributed by atoms with van der Waals surface area (Å²) in [4.78, 5) is 11.0. The second-order valence-corrected chi connectivity index (χ2v) is 3.88. The van der Waals surface area contributed by atoms with Gasteiger partial charge in [0.25, 0.3) is 0 Å². The molecule has 0 radical (unpaired) electrons. The zero-order chi connectivity index (χ0) is 12.8. The lowest BCUT2D eigenvalue weighted by Crippen LogP contribution is -2.26. The van der Waals surface area contributed by atoms with E-state index in [2.05, 4.69) is 0 Å². The largest absolute Gasteiger partial charge is 0.496 e. The number of carboxylic acids is 1. The summed E-state index contributed by atoms with van der Waals surface area (Å²) < 4.78 is 10.3. The molecule has 0 aliphatic rings. The Bertz CT molecular complexity index is 392. The van der Waals surface area contributed by atoms with Gasteiger partial charge in [-0.15, -0.1) is 0 Å². The Morgan fingerprint density at radius 3 is 2.76 bits per heavy atom. The third-order valence-corrected chi connectivity index (χ3v) is 2.53. The normalized spacial score (nSPS) is 12.2. The number of methoxy groups -OCH3 is 1. The van der Waals surface area contributed by atoms with Crippen molar-refractivity contribution >= 4 is 17.6 Å². The summed E-state index contributed by atoms with van der Waals surface area (Å²) in [6.45, 7) is 2.10. The minimum atomic E-state index is -0.992. The van der Waals surface area contributed by atoms with E-state index in [-0.39, 0.29) is 6.42 Å². The third-order valence-electron chi connectivity index (χ3n) is 2.29. The van der Waals surface area contributed by atoms with Crippen molar-refractivity contribution in [2.24, 2.45) is 0 Å². The van der Waals surface area contributed by atoms with E-state index in [1.807, 2.05) is 0 Å². The monoisotopic (exact) mass is 258 g/mol. The van der Waals surface area contributed by atoms with Crippen LogP contribution in [-0.4, -0.2) is 30.9 Å². The Labute approximate surface area is 105 Å². The van der Waals surface area contributed by atoms with Crippen molar-refractivity contribution in [1.82, 2.24) is 0 Å². The van der Waals surface area contributed by atoms with E-state index in [9.17, 15) is 4.79 Å². The number of hydrogen-bond acceptors (Lipinski definition) is 3. The average molecular weight is 259 g/mol. The van der Waals surface area contributed by atoms with Crippen LogP contribution in [0.3, 0.4) is 0 Å². The molecular weight excluding hydrogens is 244 g/mol. The summed E-state index contributed by atoms with van der Waals surface area (Å²) in [5, 5.41) is 9.54. The maximum absolute atomic E-state index is 11.0. The van der Waals surface area contributed by atoms with Crippen molar-refractivity contribution in [3.63, 3.8) is 0 Å². The number of carboxylic acid groups (broad SMARTS) is 1. The molecule has 1 N–H and O–H groups in total. The summed E-state index contributed by atoms with van der Waals surface area (Å²) in [7, 11) is 1.53. The first kappa shape index (κ1) is 13.8. The zero-order valence-electron chi connectivity index (χ0n) is 9.77. The Morgan fingerprint density at radius 2 is 2.24 bits per heavy atom. The summed E-state index contributed by atoms with van der Waals surface area (Å²) in [5.41, 5.74) is 0.723. The fraction of sp³-hybridized carbons (Fsp3) is 0.417. The number of aliphatic carboxylic acids is 1. The van der Waals surface area contributed by atoms with E-state index in [0.29, 0.717) is 17.4 Å². The first-order chi connectivity index (χ1) is 8.08. The van der Waals surface area contributed by atoms with Gasteiger partial charge in [-0.25, -0.2) is 4.79 Å². The highest BCUT2D eigenvalue weighted by Gasteiger charge is 2.20. The Morgan fingerprint density at radius 1 is 1.53 bits per heavy atom. The van der Waals surface area contributed by atoms with Gasteiger partial charge in [-0.05, 0) is 30.7 Å². The smallest absolute Gasteiger partial charge is 0.333 e. The van der Waals surface area contributed by atoms with Crippen LogP contribution in [0.1, 0.15) is 12.5 Å². The topological polar surface area (TPSA) is 55.8 Å². The number of hydrogen-bond donors (Lipinski definition) is 1. The van der Waals surface area contributed by atoms with Crippen molar-refractivity contribution in [3.8, 4) is 5.75 Å². The molecule has 17 heavy (non-hydrogen) atoms. The summed E-state index contributed by atoms with van der Waals surface area (Å²) in [6.07, 6.45) is -0.653. The number of ether oxygens (including phenoxy) is 2. The molecular formula is C12H15ClO4. The van der Waals surface area contributed by atoms with Crippen LogP contribution in [0.5, 0.6) is 5.75 Å². The van der Waals surface area contributed by atoms with Gasteiger partial charge in [-0.2, -0.15) is 0 Å². The molecule has 1 aromatic carbocycles. The van der Waals surface area contributed by atoms with Gasteiger partial charge in [-0.3, -0.25) is 0 Å². The van der Waals surface area contributed by atoms with Gasteiger partial charge in [0.05, 0.1) is 7.11 Å². The molecule has 0 aromatic heterocycles. The second-order valence-electron chi connectivity index (χ2n) is 3.44. The van der Waals surface area contributed by atoms with Crippen molar-refractivity contribution in [3.05, 3.63) is 28.8 Å². The van der Waals surface area contributed by atoms with E-state index in [0.717, 1.165) is 5.56 Å². The highest BCUT2D eigenvalue weighted by molar-refractivity contribution is 6.30. The quantitative estimate of drug-likeness (QED) is 0.851. The molecule has 1 rings (SSSR count). The van der Waals surface area contributed by atoms with Gasteiger partial charge < -0.3 is 14.6 Å². The molecule has 0 heterocycles. The van der Waals surface area contributed by atoms with Crippen LogP contribution in [0.15, 0.2) is 18.2 Å². The third kappa shape index (κ3) is 3.91. The van der Waals surface area contributed by atoms with Crippen molar-refractivity contribution < 1.29 is 19.4 Å². The molecule has 0 amide bonds. The maximum Gasteiger partial charge on any atom is 0.333 e. The Hall–Kier alpha value is -1.26. The van der Waals surface area contributed by atoms with E-state index in [1.165, 1.54) is 7.11 Å². The second kappa shape index (κ2) is 6.47. The first-order valence-corrected chi connectivity index (χ1v) is 5.63. The molecule has 0 unspecified atom stereocenters. The minimum absolute atomic E-state index is 0.229. The molecule has 1 atom stereocenters. The number of rotatable bonds is 6. The van der Waals surface area contributed by atoms with Crippen LogP contribution in [0.25, 0.3) is 0 Å². The molecule has 0 saturated carbocycles. The van der Waals surface area contributed by atoms with Gasteiger partial charge in [0, 0.05) is 18.1 Å². The van der Waals surface area contributed by atoms with E-state index in [4.69, 9.17) is 26.2 Å². The van der Waals surface area contributed by atoms with Gasteiger partial charge in [-0.1, -0.05) is 11.6 Å².